The molecule has 5 atom stereocenters. The number of nitrogens with zero attached hydrogens (tertiary/aromatic N) is 1. The number of hydrogen-bond acceptors (Lipinski definition) is 2. The molecular formula is C33H39F2NO. The van der Waals surface area contributed by atoms with E-state index in [1.807, 2.05) is 0 Å². The van der Waals surface area contributed by atoms with Crippen LogP contribution in [0.25, 0.3) is 6.08 Å². The first kappa shape index (κ1) is 24.9. The van der Waals surface area contributed by atoms with Gasteiger partial charge in [0.2, 0.25) is 0 Å². The normalized spacial score (nSPS) is 30.9. The van der Waals surface area contributed by atoms with E-state index in [4.69, 9.17) is 0 Å². The van der Waals surface area contributed by atoms with Crippen LogP contribution in [-0.2, 0) is 23.6 Å². The number of rotatable bonds is 5. The number of allylic oxidation sites excluding steroid dienone is 1. The number of pyridine rings is 1. The van der Waals surface area contributed by atoms with Gasteiger partial charge in [-0.15, -0.1) is 0 Å². The highest BCUT2D eigenvalue weighted by molar-refractivity contribution is 5.88. The number of hydrogen-bond donors (Lipinski definition) is 0. The van der Waals surface area contributed by atoms with Crippen LogP contribution >= 0.6 is 0 Å². The Balaban J connectivity index is 1.20. The fourth-order valence-electron chi connectivity index (χ4n) is 8.44. The third-order valence-corrected chi connectivity index (χ3v) is 10.2. The molecule has 0 radical (unpaired) electrons. The number of Topliss-reactive ketones (excluding diaryl/α,β-unsaturated/α-hetero) is 1. The number of benzene rings is 1. The molecule has 0 bridgehead atoms. The maximum absolute atomic E-state index is 14.3. The van der Waals surface area contributed by atoms with Crippen molar-refractivity contribution in [3.8, 4) is 0 Å². The summed E-state index contributed by atoms with van der Waals surface area (Å²) < 4.78 is 27.9. The second-order valence-electron chi connectivity index (χ2n) is 12.6. The van der Waals surface area contributed by atoms with Crippen LogP contribution in [0.1, 0.15) is 104 Å². The number of carbonyl (C=O) groups is 1. The van der Waals surface area contributed by atoms with Crippen molar-refractivity contribution in [1.29, 1.82) is 0 Å². The molecule has 1 unspecified atom stereocenters. The van der Waals surface area contributed by atoms with Crippen molar-refractivity contribution >= 4 is 11.9 Å². The summed E-state index contributed by atoms with van der Waals surface area (Å²) in [6.07, 6.45) is 17.1. The molecule has 6 rings (SSSR count). The van der Waals surface area contributed by atoms with E-state index in [1.165, 1.54) is 48.6 Å². The largest absolute Gasteiger partial charge is 0.299 e. The molecular weight excluding hydrogens is 464 g/mol. The van der Waals surface area contributed by atoms with Gasteiger partial charge in [0.1, 0.15) is 5.78 Å². The molecule has 4 heteroatoms. The van der Waals surface area contributed by atoms with Crippen molar-refractivity contribution in [2.75, 3.05) is 0 Å². The summed E-state index contributed by atoms with van der Waals surface area (Å²) in [5.41, 5.74) is 5.79. The molecule has 0 N–H and O–H groups in total. The summed E-state index contributed by atoms with van der Waals surface area (Å²) in [5, 5.41) is 0. The molecule has 0 saturated heterocycles. The van der Waals surface area contributed by atoms with E-state index in [-0.39, 0.29) is 16.9 Å². The summed E-state index contributed by atoms with van der Waals surface area (Å²) in [4.78, 5) is 18.6. The third kappa shape index (κ3) is 4.49. The molecule has 0 aliphatic heterocycles. The monoisotopic (exact) mass is 503 g/mol. The zero-order valence-corrected chi connectivity index (χ0v) is 22.2. The van der Waals surface area contributed by atoms with Crippen molar-refractivity contribution in [3.05, 3.63) is 70.0 Å². The number of ketones is 1. The molecule has 196 valence electrons. The molecule has 2 fully saturated rings. The Morgan fingerprint density at radius 1 is 1.22 bits per heavy atom. The first-order valence-electron chi connectivity index (χ1n) is 14.4. The van der Waals surface area contributed by atoms with E-state index in [1.54, 1.807) is 6.07 Å². The van der Waals surface area contributed by atoms with Gasteiger partial charge in [-0.1, -0.05) is 36.8 Å². The molecule has 1 aromatic heterocycles. The highest BCUT2D eigenvalue weighted by Gasteiger charge is 2.56. The summed E-state index contributed by atoms with van der Waals surface area (Å²) >= 11 is 0. The maximum atomic E-state index is 14.3. The van der Waals surface area contributed by atoms with Crippen molar-refractivity contribution in [1.82, 2.24) is 4.98 Å². The van der Waals surface area contributed by atoms with Crippen molar-refractivity contribution in [2.24, 2.45) is 23.2 Å². The van der Waals surface area contributed by atoms with Crippen molar-refractivity contribution in [2.45, 2.75) is 96.3 Å². The quantitative estimate of drug-likeness (QED) is 0.410. The van der Waals surface area contributed by atoms with Crippen LogP contribution in [-0.4, -0.2) is 10.8 Å². The second kappa shape index (κ2) is 9.43. The predicted molar refractivity (Wildman–Crippen MR) is 144 cm³/mol. The van der Waals surface area contributed by atoms with Gasteiger partial charge in [0.15, 0.2) is 0 Å². The number of alkyl halides is 2. The van der Waals surface area contributed by atoms with Crippen LogP contribution in [0, 0.1) is 30.1 Å². The smallest absolute Gasteiger partial charge is 0.272 e. The van der Waals surface area contributed by atoms with Gasteiger partial charge in [0.05, 0.1) is 0 Å². The number of fused-ring (bicyclic) bond motifs is 3. The minimum Gasteiger partial charge on any atom is -0.299 e. The molecule has 4 aliphatic carbocycles. The van der Waals surface area contributed by atoms with E-state index < -0.39 is 5.92 Å². The molecule has 1 heterocycles. The molecule has 0 amide bonds. The Morgan fingerprint density at radius 2 is 2.08 bits per heavy atom. The summed E-state index contributed by atoms with van der Waals surface area (Å²) in [5.74, 6) is -0.874. The van der Waals surface area contributed by atoms with Gasteiger partial charge in [-0.25, -0.2) is 8.78 Å². The van der Waals surface area contributed by atoms with Gasteiger partial charge in [0, 0.05) is 35.7 Å². The topological polar surface area (TPSA) is 30.0 Å². The fraction of sp³-hybridized carbons (Fsp3) is 0.576. The highest BCUT2D eigenvalue weighted by atomic mass is 19.3. The van der Waals surface area contributed by atoms with E-state index in [9.17, 15) is 13.6 Å². The zero-order valence-electron chi connectivity index (χ0n) is 22.2. The number of carbonyl (C=O) groups excluding carboxylic acids is 1. The molecule has 2 saturated carbocycles. The summed E-state index contributed by atoms with van der Waals surface area (Å²) in [6, 6.07) is 8.34. The Labute approximate surface area is 220 Å². The highest BCUT2D eigenvalue weighted by Crippen LogP contribution is 2.60. The van der Waals surface area contributed by atoms with Crippen LogP contribution in [0.3, 0.4) is 0 Å². The summed E-state index contributed by atoms with van der Waals surface area (Å²) in [7, 11) is 0. The first-order valence-corrected chi connectivity index (χ1v) is 14.4. The van der Waals surface area contributed by atoms with Gasteiger partial charge in [0.25, 0.3) is 5.92 Å². The van der Waals surface area contributed by atoms with Crippen LogP contribution < -0.4 is 0 Å². The fourth-order valence-corrected chi connectivity index (χ4v) is 8.44. The maximum Gasteiger partial charge on any atom is 0.272 e. The van der Waals surface area contributed by atoms with E-state index in [2.05, 4.69) is 42.3 Å². The number of aryl methyl sites for hydroxylation is 2. The van der Waals surface area contributed by atoms with Gasteiger partial charge in [-0.05, 0) is 117 Å². The summed E-state index contributed by atoms with van der Waals surface area (Å²) in [6.45, 7) is 3.13. The van der Waals surface area contributed by atoms with Crippen LogP contribution in [0.2, 0.25) is 0 Å². The Morgan fingerprint density at radius 3 is 2.92 bits per heavy atom. The Kier molecular flexibility index (Phi) is 6.36. The van der Waals surface area contributed by atoms with Crippen molar-refractivity contribution in [3.63, 3.8) is 0 Å². The second-order valence-corrected chi connectivity index (χ2v) is 12.6. The van der Waals surface area contributed by atoms with Crippen molar-refractivity contribution < 1.29 is 13.6 Å². The van der Waals surface area contributed by atoms with Crippen LogP contribution in [0.5, 0.6) is 0 Å². The minimum atomic E-state index is -2.91. The molecule has 4 aliphatic rings. The molecule has 37 heavy (non-hydrogen) atoms. The lowest BCUT2D eigenvalue weighted by molar-refractivity contribution is -0.134. The van der Waals surface area contributed by atoms with Crippen LogP contribution in [0.15, 0.2) is 36.5 Å². The van der Waals surface area contributed by atoms with Gasteiger partial charge >= 0.3 is 0 Å². The molecule has 2 aromatic rings. The first-order chi connectivity index (χ1) is 17.7. The number of aromatic nitrogens is 1. The van der Waals surface area contributed by atoms with Crippen LogP contribution in [0.4, 0.5) is 8.78 Å². The Hall–Kier alpha value is -2.36. The molecule has 2 nitrogen and oxygen atoms in total. The Bertz CT molecular complexity index is 1230. The van der Waals surface area contributed by atoms with E-state index >= 15 is 0 Å². The molecule has 1 aromatic carbocycles. The molecule has 0 spiro atoms. The van der Waals surface area contributed by atoms with Gasteiger partial charge in [-0.3, -0.25) is 9.78 Å². The van der Waals surface area contributed by atoms with Gasteiger partial charge < -0.3 is 0 Å². The average molecular weight is 504 g/mol. The predicted octanol–water partition coefficient (Wildman–Crippen LogP) is 8.35. The minimum absolute atomic E-state index is 0.0365. The lowest BCUT2D eigenvalue weighted by Crippen LogP contribution is -2.38. The van der Waals surface area contributed by atoms with E-state index in [0.29, 0.717) is 30.0 Å². The lowest BCUT2D eigenvalue weighted by Gasteiger charge is -2.34. The lowest BCUT2D eigenvalue weighted by atomic mass is 9.68. The average Bonchev–Trinajstić information content (AvgIpc) is 3.35. The van der Waals surface area contributed by atoms with E-state index in [0.717, 1.165) is 56.7 Å². The SMILES string of the molecule is Cc1cccc2c1C=CCC[C@@H]2C[C@@H]1C[C@H]2CCC[C@@]2(C(=O)C2CCc3ncc(C(C)(F)F)cc3C2)C1. The third-order valence-electron chi connectivity index (χ3n) is 10.2. The zero-order chi connectivity index (χ0) is 25.8. The van der Waals surface area contributed by atoms with Gasteiger partial charge in [-0.2, -0.15) is 0 Å². The standard InChI is InChI=1S/C33H39F2NO/c1-21-7-5-11-29-23(8-3-4-10-28(21)29)15-22-16-26-9-6-14-33(26,19-22)31(37)24-12-13-30-25(17-24)18-27(20-36-30)32(2,34)35/h4-5,7,10-11,18,20,22-24,26H,3,6,8-9,12-17,19H2,1-2H3/t22-,23-,24?,26-,33-/m1/s1. The number of halogens is 2.